The number of nitrogens with zero attached hydrogens (tertiary/aromatic N) is 2. The number of amides is 1. The van der Waals surface area contributed by atoms with Crippen molar-refractivity contribution in [3.63, 3.8) is 0 Å². The number of imidazole rings is 1. The van der Waals surface area contributed by atoms with Crippen molar-refractivity contribution in [2.75, 3.05) is 19.6 Å². The molecule has 1 aromatic heterocycles. The first-order chi connectivity index (χ1) is 8.74. The lowest BCUT2D eigenvalue weighted by molar-refractivity contribution is 0.0709. The monoisotopic (exact) mass is 244 g/mol. The smallest absolute Gasteiger partial charge is 0.254 e. The first-order valence-corrected chi connectivity index (χ1v) is 6.20. The molecule has 1 aliphatic rings. The minimum atomic E-state index is 0.0971. The molecule has 2 aromatic rings. The maximum Gasteiger partial charge on any atom is 0.254 e. The largest absolute Gasteiger partial charge is 0.345 e. The van der Waals surface area contributed by atoms with E-state index in [0.717, 1.165) is 36.2 Å². The molecular weight excluding hydrogens is 228 g/mol. The molecule has 1 unspecified atom stereocenters. The number of benzene rings is 1. The van der Waals surface area contributed by atoms with E-state index in [4.69, 9.17) is 0 Å². The molecule has 1 fully saturated rings. The van der Waals surface area contributed by atoms with E-state index in [-0.39, 0.29) is 5.91 Å². The SMILES string of the molecule is CC1CN(C(=O)c2ccc3nc[nH]c3c2)CCN1. The van der Waals surface area contributed by atoms with Gasteiger partial charge >= 0.3 is 0 Å². The summed E-state index contributed by atoms with van der Waals surface area (Å²) in [6.07, 6.45) is 1.64. The molecular formula is C13H16N4O. The molecule has 1 amide bonds. The van der Waals surface area contributed by atoms with Crippen LogP contribution in [-0.4, -0.2) is 46.5 Å². The van der Waals surface area contributed by atoms with E-state index in [9.17, 15) is 4.79 Å². The predicted molar refractivity (Wildman–Crippen MR) is 69.5 cm³/mol. The Morgan fingerprint density at radius 2 is 2.39 bits per heavy atom. The Kier molecular flexibility index (Phi) is 2.76. The summed E-state index contributed by atoms with van der Waals surface area (Å²) < 4.78 is 0. The average molecular weight is 244 g/mol. The van der Waals surface area contributed by atoms with Crippen LogP contribution in [-0.2, 0) is 0 Å². The summed E-state index contributed by atoms with van der Waals surface area (Å²) in [6, 6.07) is 5.96. The number of aromatic nitrogens is 2. The molecule has 2 heterocycles. The van der Waals surface area contributed by atoms with Crippen molar-refractivity contribution in [3.8, 4) is 0 Å². The van der Waals surface area contributed by atoms with Crippen LogP contribution in [0.1, 0.15) is 17.3 Å². The summed E-state index contributed by atoms with van der Waals surface area (Å²) in [5, 5.41) is 3.33. The number of carbonyl (C=O) groups is 1. The average Bonchev–Trinajstić information content (AvgIpc) is 2.85. The van der Waals surface area contributed by atoms with E-state index in [1.54, 1.807) is 6.33 Å². The van der Waals surface area contributed by atoms with Crippen LogP contribution in [0.25, 0.3) is 11.0 Å². The number of carbonyl (C=O) groups excluding carboxylic acids is 1. The highest BCUT2D eigenvalue weighted by molar-refractivity contribution is 5.97. The Balaban J connectivity index is 1.86. The zero-order valence-corrected chi connectivity index (χ0v) is 10.3. The van der Waals surface area contributed by atoms with E-state index < -0.39 is 0 Å². The van der Waals surface area contributed by atoms with Gasteiger partial charge in [-0.25, -0.2) is 4.98 Å². The van der Waals surface area contributed by atoms with Crippen molar-refractivity contribution in [1.82, 2.24) is 20.2 Å². The molecule has 0 spiro atoms. The molecule has 2 N–H and O–H groups in total. The zero-order valence-electron chi connectivity index (χ0n) is 10.3. The highest BCUT2D eigenvalue weighted by Crippen LogP contribution is 2.14. The van der Waals surface area contributed by atoms with Crippen LogP contribution in [0.5, 0.6) is 0 Å². The molecule has 0 aliphatic carbocycles. The molecule has 1 atom stereocenters. The Labute approximate surface area is 105 Å². The first-order valence-electron chi connectivity index (χ1n) is 6.20. The summed E-state index contributed by atoms with van der Waals surface area (Å²) in [7, 11) is 0. The summed E-state index contributed by atoms with van der Waals surface area (Å²) in [6.45, 7) is 4.49. The van der Waals surface area contributed by atoms with E-state index >= 15 is 0 Å². The van der Waals surface area contributed by atoms with Gasteiger partial charge in [-0.2, -0.15) is 0 Å². The van der Waals surface area contributed by atoms with Crippen molar-refractivity contribution < 1.29 is 4.79 Å². The second kappa shape index (κ2) is 4.42. The molecule has 1 saturated heterocycles. The molecule has 1 aliphatic heterocycles. The first kappa shape index (κ1) is 11.2. The Hall–Kier alpha value is -1.88. The van der Waals surface area contributed by atoms with Gasteiger partial charge in [-0.15, -0.1) is 0 Å². The number of H-pyrrole nitrogens is 1. The standard InChI is InChI=1S/C13H16N4O/c1-9-7-17(5-4-14-9)13(18)10-2-3-11-12(6-10)16-8-15-11/h2-3,6,8-9,14H,4-5,7H2,1H3,(H,15,16). The Morgan fingerprint density at radius 3 is 3.22 bits per heavy atom. The van der Waals surface area contributed by atoms with Crippen LogP contribution in [0, 0.1) is 0 Å². The van der Waals surface area contributed by atoms with Crippen LogP contribution >= 0.6 is 0 Å². The maximum atomic E-state index is 12.4. The topological polar surface area (TPSA) is 61.0 Å². The molecule has 5 heteroatoms. The quantitative estimate of drug-likeness (QED) is 0.786. The van der Waals surface area contributed by atoms with Gasteiger partial charge in [0.2, 0.25) is 0 Å². The summed E-state index contributed by atoms with van der Waals surface area (Å²) in [5.74, 6) is 0.0971. The van der Waals surface area contributed by atoms with Gasteiger partial charge in [0.05, 0.1) is 17.4 Å². The van der Waals surface area contributed by atoms with Crippen LogP contribution in [0.4, 0.5) is 0 Å². The van der Waals surface area contributed by atoms with E-state index in [0.29, 0.717) is 6.04 Å². The lowest BCUT2D eigenvalue weighted by atomic mass is 10.1. The van der Waals surface area contributed by atoms with Crippen molar-refractivity contribution in [2.45, 2.75) is 13.0 Å². The van der Waals surface area contributed by atoms with Gasteiger partial charge in [0.15, 0.2) is 0 Å². The van der Waals surface area contributed by atoms with Gasteiger partial charge in [0, 0.05) is 31.2 Å². The minimum Gasteiger partial charge on any atom is -0.345 e. The lowest BCUT2D eigenvalue weighted by Gasteiger charge is -2.31. The molecule has 94 valence electrons. The molecule has 18 heavy (non-hydrogen) atoms. The molecule has 5 nitrogen and oxygen atoms in total. The van der Waals surface area contributed by atoms with Gasteiger partial charge in [0.1, 0.15) is 0 Å². The number of rotatable bonds is 1. The highest BCUT2D eigenvalue weighted by Gasteiger charge is 2.21. The van der Waals surface area contributed by atoms with Crippen molar-refractivity contribution >= 4 is 16.9 Å². The summed E-state index contributed by atoms with van der Waals surface area (Å²) in [4.78, 5) is 21.5. The summed E-state index contributed by atoms with van der Waals surface area (Å²) >= 11 is 0. The molecule has 0 bridgehead atoms. The van der Waals surface area contributed by atoms with Gasteiger partial charge in [-0.05, 0) is 25.1 Å². The number of aromatic amines is 1. The number of fused-ring (bicyclic) bond motifs is 1. The third-order valence-corrected chi connectivity index (χ3v) is 3.32. The number of piperazine rings is 1. The molecule has 3 rings (SSSR count). The fourth-order valence-electron chi connectivity index (χ4n) is 2.37. The maximum absolute atomic E-state index is 12.4. The third-order valence-electron chi connectivity index (χ3n) is 3.32. The number of nitrogens with one attached hydrogen (secondary N) is 2. The fraction of sp³-hybridized carbons (Fsp3) is 0.385. The lowest BCUT2D eigenvalue weighted by Crippen LogP contribution is -2.51. The number of hydrogen-bond donors (Lipinski definition) is 2. The van der Waals surface area contributed by atoms with Crippen molar-refractivity contribution in [3.05, 3.63) is 30.1 Å². The number of hydrogen-bond acceptors (Lipinski definition) is 3. The normalized spacial score (nSPS) is 20.3. The molecule has 0 radical (unpaired) electrons. The minimum absolute atomic E-state index is 0.0971. The fourth-order valence-corrected chi connectivity index (χ4v) is 2.37. The van der Waals surface area contributed by atoms with Crippen LogP contribution in [0.3, 0.4) is 0 Å². The van der Waals surface area contributed by atoms with Gasteiger partial charge < -0.3 is 15.2 Å². The molecule has 0 saturated carbocycles. The molecule has 1 aromatic carbocycles. The van der Waals surface area contributed by atoms with E-state index in [1.807, 2.05) is 23.1 Å². The van der Waals surface area contributed by atoms with Crippen molar-refractivity contribution in [2.24, 2.45) is 0 Å². The van der Waals surface area contributed by atoms with Gasteiger partial charge in [-0.1, -0.05) is 0 Å². The van der Waals surface area contributed by atoms with Gasteiger partial charge in [-0.3, -0.25) is 4.79 Å². The highest BCUT2D eigenvalue weighted by atomic mass is 16.2. The van der Waals surface area contributed by atoms with E-state index in [1.165, 1.54) is 0 Å². The predicted octanol–water partition coefficient (Wildman–Crippen LogP) is 0.997. The van der Waals surface area contributed by atoms with Gasteiger partial charge in [0.25, 0.3) is 5.91 Å². The summed E-state index contributed by atoms with van der Waals surface area (Å²) in [5.41, 5.74) is 2.52. The Morgan fingerprint density at radius 1 is 1.50 bits per heavy atom. The van der Waals surface area contributed by atoms with Crippen molar-refractivity contribution in [1.29, 1.82) is 0 Å². The third kappa shape index (κ3) is 1.97. The zero-order chi connectivity index (χ0) is 12.5. The second-order valence-corrected chi connectivity index (χ2v) is 4.74. The Bertz CT molecular complexity index is 577. The van der Waals surface area contributed by atoms with Crippen LogP contribution < -0.4 is 5.32 Å². The van der Waals surface area contributed by atoms with Crippen LogP contribution in [0.2, 0.25) is 0 Å². The van der Waals surface area contributed by atoms with E-state index in [2.05, 4.69) is 22.2 Å². The second-order valence-electron chi connectivity index (χ2n) is 4.74. The van der Waals surface area contributed by atoms with Crippen LogP contribution in [0.15, 0.2) is 24.5 Å².